The monoisotopic (exact) mass is 260 g/mol. The molecule has 0 fully saturated rings. The third-order valence-electron chi connectivity index (χ3n) is 2.37. The molecular formula is C15H20N2O2. The standard InChI is InChI=1S/C15H20N2O2/c1-12-7-8-13(6-4-5-9-18)14(10-12)16-15(19)11-17(2)3/h7-8,10,18H,5,9,11H2,1-3H3,(H,16,19). The predicted octanol–water partition coefficient (Wildman–Crippen LogP) is 1.23. The van der Waals surface area contributed by atoms with Crippen LogP contribution in [0, 0.1) is 18.8 Å². The van der Waals surface area contributed by atoms with Crippen LogP contribution >= 0.6 is 0 Å². The van der Waals surface area contributed by atoms with Gasteiger partial charge >= 0.3 is 0 Å². The summed E-state index contributed by atoms with van der Waals surface area (Å²) in [6, 6.07) is 5.73. The molecule has 0 saturated carbocycles. The summed E-state index contributed by atoms with van der Waals surface area (Å²) in [7, 11) is 3.69. The average Bonchev–Trinajstić information content (AvgIpc) is 2.31. The molecule has 1 rings (SSSR count). The number of carbonyl (C=O) groups is 1. The molecule has 0 aliphatic carbocycles. The molecule has 19 heavy (non-hydrogen) atoms. The van der Waals surface area contributed by atoms with Gasteiger partial charge in [0.2, 0.25) is 5.91 Å². The number of likely N-dealkylation sites (N-methyl/N-ethyl adjacent to an activating group) is 1. The largest absolute Gasteiger partial charge is 0.395 e. The molecule has 0 bridgehead atoms. The van der Waals surface area contributed by atoms with E-state index in [9.17, 15) is 4.79 Å². The van der Waals surface area contributed by atoms with Crippen LogP contribution in [0.25, 0.3) is 0 Å². The van der Waals surface area contributed by atoms with Crippen LogP contribution < -0.4 is 5.32 Å². The summed E-state index contributed by atoms with van der Waals surface area (Å²) in [5.74, 6) is 5.76. The van der Waals surface area contributed by atoms with Crippen molar-refractivity contribution >= 4 is 11.6 Å². The number of aryl methyl sites for hydroxylation is 1. The highest BCUT2D eigenvalue weighted by Gasteiger charge is 2.07. The van der Waals surface area contributed by atoms with E-state index in [0.717, 1.165) is 16.8 Å². The summed E-state index contributed by atoms with van der Waals surface area (Å²) >= 11 is 0. The summed E-state index contributed by atoms with van der Waals surface area (Å²) in [5.41, 5.74) is 2.55. The molecule has 1 amide bonds. The fraction of sp³-hybridized carbons (Fsp3) is 0.400. The van der Waals surface area contributed by atoms with E-state index in [-0.39, 0.29) is 12.5 Å². The first-order chi connectivity index (χ1) is 9.02. The zero-order valence-corrected chi connectivity index (χ0v) is 11.7. The Hall–Kier alpha value is -1.83. The van der Waals surface area contributed by atoms with Crippen molar-refractivity contribution in [1.29, 1.82) is 0 Å². The van der Waals surface area contributed by atoms with E-state index in [2.05, 4.69) is 17.2 Å². The Morgan fingerprint density at radius 3 is 2.79 bits per heavy atom. The minimum Gasteiger partial charge on any atom is -0.395 e. The molecule has 102 valence electrons. The summed E-state index contributed by atoms with van der Waals surface area (Å²) in [6.07, 6.45) is 0.430. The molecule has 0 unspecified atom stereocenters. The topological polar surface area (TPSA) is 52.6 Å². The quantitative estimate of drug-likeness (QED) is 0.801. The molecule has 0 heterocycles. The number of aliphatic hydroxyl groups excluding tert-OH is 1. The van der Waals surface area contributed by atoms with Crippen molar-refractivity contribution in [1.82, 2.24) is 4.90 Å². The smallest absolute Gasteiger partial charge is 0.238 e. The van der Waals surface area contributed by atoms with Gasteiger partial charge in [0.25, 0.3) is 0 Å². The molecule has 0 aliphatic heterocycles. The summed E-state index contributed by atoms with van der Waals surface area (Å²) in [4.78, 5) is 13.6. The van der Waals surface area contributed by atoms with Crippen molar-refractivity contribution < 1.29 is 9.90 Å². The number of rotatable bonds is 4. The van der Waals surface area contributed by atoms with E-state index in [4.69, 9.17) is 5.11 Å². The van der Waals surface area contributed by atoms with Gasteiger partial charge in [0.1, 0.15) is 0 Å². The second-order valence-corrected chi connectivity index (χ2v) is 4.61. The van der Waals surface area contributed by atoms with Crippen LogP contribution in [0.2, 0.25) is 0 Å². The lowest BCUT2D eigenvalue weighted by molar-refractivity contribution is -0.116. The summed E-state index contributed by atoms with van der Waals surface area (Å²) in [6.45, 7) is 2.34. The second kappa shape index (κ2) is 7.57. The maximum atomic E-state index is 11.8. The Labute approximate surface area is 114 Å². The molecule has 0 aromatic heterocycles. The molecular weight excluding hydrogens is 240 g/mol. The fourth-order valence-electron chi connectivity index (χ4n) is 1.56. The SMILES string of the molecule is Cc1ccc(C#CCCO)c(NC(=O)CN(C)C)c1. The van der Waals surface area contributed by atoms with Gasteiger partial charge in [0.15, 0.2) is 0 Å². The first kappa shape index (κ1) is 15.2. The van der Waals surface area contributed by atoms with E-state index in [1.165, 1.54) is 0 Å². The van der Waals surface area contributed by atoms with Gasteiger partial charge in [-0.15, -0.1) is 0 Å². The number of hydrogen-bond donors (Lipinski definition) is 2. The van der Waals surface area contributed by atoms with Crippen LogP contribution in [0.4, 0.5) is 5.69 Å². The average molecular weight is 260 g/mol. The maximum absolute atomic E-state index is 11.8. The zero-order valence-electron chi connectivity index (χ0n) is 11.7. The van der Waals surface area contributed by atoms with E-state index >= 15 is 0 Å². The summed E-state index contributed by atoms with van der Waals surface area (Å²) < 4.78 is 0. The third kappa shape index (κ3) is 5.56. The van der Waals surface area contributed by atoms with Crippen LogP contribution in [0.3, 0.4) is 0 Å². The zero-order chi connectivity index (χ0) is 14.3. The molecule has 4 heteroatoms. The lowest BCUT2D eigenvalue weighted by Crippen LogP contribution is -2.27. The Bertz CT molecular complexity index is 499. The molecule has 4 nitrogen and oxygen atoms in total. The highest BCUT2D eigenvalue weighted by molar-refractivity contribution is 5.93. The van der Waals surface area contributed by atoms with Crippen molar-refractivity contribution in [2.24, 2.45) is 0 Å². The van der Waals surface area contributed by atoms with Gasteiger partial charge in [-0.2, -0.15) is 0 Å². The third-order valence-corrected chi connectivity index (χ3v) is 2.37. The van der Waals surface area contributed by atoms with Crippen LogP contribution in [0.1, 0.15) is 17.5 Å². The molecule has 0 saturated heterocycles. The minimum atomic E-state index is -0.0687. The lowest BCUT2D eigenvalue weighted by atomic mass is 10.1. The predicted molar refractivity (Wildman–Crippen MR) is 76.9 cm³/mol. The Morgan fingerprint density at radius 1 is 1.42 bits per heavy atom. The van der Waals surface area contributed by atoms with Crippen molar-refractivity contribution in [2.75, 3.05) is 32.6 Å². The van der Waals surface area contributed by atoms with Crippen LogP contribution in [-0.2, 0) is 4.79 Å². The number of nitrogens with one attached hydrogen (secondary N) is 1. The molecule has 0 radical (unpaired) electrons. The number of amides is 1. The van der Waals surface area contributed by atoms with Crippen molar-refractivity contribution in [3.63, 3.8) is 0 Å². The van der Waals surface area contributed by atoms with Gasteiger partial charge < -0.3 is 15.3 Å². The van der Waals surface area contributed by atoms with Gasteiger partial charge in [-0.25, -0.2) is 0 Å². The first-order valence-corrected chi connectivity index (χ1v) is 6.18. The van der Waals surface area contributed by atoms with Gasteiger partial charge in [-0.3, -0.25) is 4.79 Å². The molecule has 0 aliphatic rings. The first-order valence-electron chi connectivity index (χ1n) is 6.18. The summed E-state index contributed by atoms with van der Waals surface area (Å²) in [5, 5.41) is 11.6. The van der Waals surface area contributed by atoms with Gasteiger partial charge in [0, 0.05) is 12.0 Å². The highest BCUT2D eigenvalue weighted by Crippen LogP contribution is 2.16. The van der Waals surface area contributed by atoms with Crippen LogP contribution in [0.5, 0.6) is 0 Å². The Kier molecular flexibility index (Phi) is 6.07. The van der Waals surface area contributed by atoms with Gasteiger partial charge in [-0.05, 0) is 38.7 Å². The molecule has 1 aromatic rings. The number of carbonyl (C=O) groups excluding carboxylic acids is 1. The molecule has 0 atom stereocenters. The maximum Gasteiger partial charge on any atom is 0.238 e. The Balaban J connectivity index is 2.89. The Morgan fingerprint density at radius 2 is 2.16 bits per heavy atom. The number of aliphatic hydroxyl groups is 1. The van der Waals surface area contributed by atoms with E-state index in [0.29, 0.717) is 13.0 Å². The van der Waals surface area contributed by atoms with E-state index in [1.807, 2.05) is 44.1 Å². The number of anilines is 1. The van der Waals surface area contributed by atoms with Gasteiger partial charge in [-0.1, -0.05) is 17.9 Å². The molecule has 2 N–H and O–H groups in total. The van der Waals surface area contributed by atoms with E-state index < -0.39 is 0 Å². The molecule has 0 spiro atoms. The number of hydrogen-bond acceptors (Lipinski definition) is 3. The lowest BCUT2D eigenvalue weighted by Gasteiger charge is -2.12. The number of benzene rings is 1. The van der Waals surface area contributed by atoms with Crippen LogP contribution in [0.15, 0.2) is 18.2 Å². The second-order valence-electron chi connectivity index (χ2n) is 4.61. The van der Waals surface area contributed by atoms with Gasteiger partial charge in [0.05, 0.1) is 18.8 Å². The van der Waals surface area contributed by atoms with Crippen LogP contribution in [-0.4, -0.2) is 43.2 Å². The van der Waals surface area contributed by atoms with Crippen molar-refractivity contribution in [3.05, 3.63) is 29.3 Å². The molecule has 1 aromatic carbocycles. The minimum absolute atomic E-state index is 0.0428. The van der Waals surface area contributed by atoms with E-state index in [1.54, 1.807) is 0 Å². The normalized spacial score (nSPS) is 9.95. The van der Waals surface area contributed by atoms with Crippen molar-refractivity contribution in [3.8, 4) is 11.8 Å². The fourth-order valence-corrected chi connectivity index (χ4v) is 1.56. The highest BCUT2D eigenvalue weighted by atomic mass is 16.2. The van der Waals surface area contributed by atoms with Crippen molar-refractivity contribution in [2.45, 2.75) is 13.3 Å². The number of nitrogens with zero attached hydrogens (tertiary/aromatic N) is 1.